The molecule has 0 N–H and O–H groups in total. The van der Waals surface area contributed by atoms with E-state index in [0.29, 0.717) is 46.9 Å². The Hall–Kier alpha value is -17.6. The lowest BCUT2D eigenvalue weighted by Crippen LogP contribution is -2.62. The first-order valence-corrected chi connectivity index (χ1v) is 43.4. The van der Waals surface area contributed by atoms with Crippen LogP contribution in [0.5, 0.6) is 185 Å². The van der Waals surface area contributed by atoms with Crippen LogP contribution in [0.25, 0.3) is 0 Å². The third-order valence-corrected chi connectivity index (χ3v) is 27.3. The van der Waals surface area contributed by atoms with Gasteiger partial charge in [-0.25, -0.2) is 34.9 Å². The van der Waals surface area contributed by atoms with Crippen molar-refractivity contribution in [2.45, 2.75) is 19.3 Å². The van der Waals surface area contributed by atoms with Gasteiger partial charge in [-0.2, -0.15) is 0 Å². The summed E-state index contributed by atoms with van der Waals surface area (Å²) in [5, 5.41) is 0. The summed E-state index contributed by atoms with van der Waals surface area (Å²) in [6.45, 7) is 4.98. The molecule has 32 heteroatoms. The van der Waals surface area contributed by atoms with Gasteiger partial charge in [0, 0.05) is 77.2 Å². The Morgan fingerprint density at radius 1 is 0.173 bits per heavy atom. The van der Waals surface area contributed by atoms with Crippen LogP contribution in [0.4, 0.5) is 0 Å². The molecule has 11 aromatic carbocycles. The lowest BCUT2D eigenvalue weighted by Gasteiger charge is -2.41. The molecule has 0 unspecified atom stereocenters. The van der Waals surface area contributed by atoms with Crippen molar-refractivity contribution in [3.63, 3.8) is 0 Å². The predicted octanol–water partition coefficient (Wildman–Crippen LogP) is 9.50. The van der Waals surface area contributed by atoms with Crippen LogP contribution in [-0.4, -0.2) is 90.1 Å². The topological polar surface area (TPSA) is 277 Å². The molecular formula is C101H52B6N10O16. The first-order chi connectivity index (χ1) is 65.7. The number of rotatable bonds is 0. The summed E-state index contributed by atoms with van der Waals surface area (Å²) >= 11 is 0. The van der Waals surface area contributed by atoms with Crippen molar-refractivity contribution in [1.29, 1.82) is 0 Å². The Morgan fingerprint density at radius 2 is 0.398 bits per heavy atom. The highest BCUT2D eigenvalue weighted by atomic mass is 16.5. The highest BCUT2D eigenvalue weighted by Gasteiger charge is 2.55. The maximum Gasteiger partial charge on any atom is 0.281 e. The normalized spacial score (nSPS) is 14.7. The molecule has 0 bridgehead atoms. The maximum atomic E-state index is 6.23. The zero-order valence-corrected chi connectivity index (χ0v) is 69.5. The largest absolute Gasteiger partial charge is 0.458 e. The summed E-state index contributed by atoms with van der Waals surface area (Å²) in [4.78, 5) is 42.3. The van der Waals surface area contributed by atoms with Crippen LogP contribution < -0.4 is 174 Å². The van der Waals surface area contributed by atoms with Gasteiger partial charge < -0.3 is 75.8 Å². The summed E-state index contributed by atoms with van der Waals surface area (Å²) in [6.07, 6.45) is 16.3. The van der Waals surface area contributed by atoms with Crippen LogP contribution in [0.3, 0.4) is 0 Å². The van der Waals surface area contributed by atoms with Crippen molar-refractivity contribution < 1.29 is 75.8 Å². The second kappa shape index (κ2) is 26.8. The van der Waals surface area contributed by atoms with Gasteiger partial charge in [-0.3, -0.25) is 15.0 Å². The molecule has 35 rings (SSSR count). The molecule has 0 amide bonds. The van der Waals surface area contributed by atoms with Crippen LogP contribution in [-0.2, 0) is 5.41 Å². The number of hydrogen-bond acceptors (Lipinski definition) is 26. The van der Waals surface area contributed by atoms with Crippen molar-refractivity contribution >= 4 is 139 Å². The number of aromatic nitrogens is 10. The highest BCUT2D eigenvalue weighted by Crippen LogP contribution is 2.49. The minimum Gasteiger partial charge on any atom is -0.458 e. The summed E-state index contributed by atoms with van der Waals surface area (Å²) in [7, 11) is 0. The van der Waals surface area contributed by atoms with Gasteiger partial charge in [-0.05, 0) is 137 Å². The van der Waals surface area contributed by atoms with E-state index < -0.39 is 0 Å². The van der Waals surface area contributed by atoms with E-state index in [0.717, 1.165) is 220 Å². The summed E-state index contributed by atoms with van der Waals surface area (Å²) < 4.78 is 96.0. The fourth-order valence-corrected chi connectivity index (χ4v) is 21.9. The Labute approximate surface area is 755 Å². The molecule has 18 aromatic rings. The fraction of sp³-hybridized carbons (Fsp3) is 0.0297. The number of para-hydroxylation sites is 1. The Balaban J connectivity index is 0.0000000764. The quantitative estimate of drug-likeness (QED) is 0.128. The second-order valence-corrected chi connectivity index (χ2v) is 34.4. The Kier molecular flexibility index (Phi) is 14.6. The van der Waals surface area contributed by atoms with Crippen molar-refractivity contribution in [1.82, 2.24) is 49.8 Å². The van der Waals surface area contributed by atoms with Gasteiger partial charge in [0.2, 0.25) is 41.2 Å². The van der Waals surface area contributed by atoms with E-state index in [1.165, 1.54) is 46.5 Å². The summed E-state index contributed by atoms with van der Waals surface area (Å²) in [5.74, 6) is 23.9. The predicted molar refractivity (Wildman–Crippen MR) is 495 cm³/mol. The zero-order chi connectivity index (χ0) is 86.9. The van der Waals surface area contributed by atoms with Gasteiger partial charge in [0.1, 0.15) is 163 Å². The number of ether oxygens (including phenoxy) is 16. The molecule has 0 saturated carbocycles. The number of nitrogens with zero attached hydrogens (tertiary/aromatic N) is 10. The number of fused-ring (bicyclic) bond motifs is 4. The van der Waals surface area contributed by atoms with E-state index in [1.54, 1.807) is 49.4 Å². The molecule has 0 atom stereocenters. The average molecular weight is 1730 g/mol. The fourth-order valence-electron chi connectivity index (χ4n) is 21.9. The Morgan fingerprint density at radius 3 is 0.752 bits per heavy atom. The summed E-state index contributed by atoms with van der Waals surface area (Å²) in [5.41, 5.74) is 21.7. The van der Waals surface area contributed by atoms with Gasteiger partial charge in [-0.1, -0.05) is 122 Å². The van der Waals surface area contributed by atoms with Crippen molar-refractivity contribution in [3.05, 3.63) is 292 Å². The lowest BCUT2D eigenvalue weighted by molar-refractivity contribution is 0.402. The minimum atomic E-state index is -0.188. The van der Waals surface area contributed by atoms with Gasteiger partial charge in [0.25, 0.3) is 40.3 Å². The molecule has 17 aliphatic rings. The van der Waals surface area contributed by atoms with Gasteiger partial charge in [0.15, 0.2) is 0 Å². The smallest absolute Gasteiger partial charge is 0.281 e. The van der Waals surface area contributed by atoms with E-state index in [9.17, 15) is 0 Å². The summed E-state index contributed by atoms with van der Waals surface area (Å²) in [6, 6.07) is 72.8. The second-order valence-electron chi connectivity index (χ2n) is 34.4. The van der Waals surface area contributed by atoms with E-state index >= 15 is 0 Å². The van der Waals surface area contributed by atoms with E-state index in [4.69, 9.17) is 75.8 Å². The lowest BCUT2D eigenvalue weighted by atomic mass is 9.31. The average Bonchev–Trinajstić information content (AvgIpc) is 0.734. The molecule has 24 heterocycles. The molecule has 17 aliphatic heterocycles. The minimum absolute atomic E-state index is 0.000139. The molecule has 7 aromatic heterocycles. The van der Waals surface area contributed by atoms with Crippen LogP contribution in [0, 0.1) is 0 Å². The van der Waals surface area contributed by atoms with E-state index in [1.807, 2.05) is 152 Å². The van der Waals surface area contributed by atoms with Gasteiger partial charge in [0.05, 0.1) is 53.6 Å². The van der Waals surface area contributed by atoms with Crippen molar-refractivity contribution in [2.24, 2.45) is 0 Å². The number of benzene rings is 11. The third kappa shape index (κ3) is 10.2. The first kappa shape index (κ1) is 72.5. The zero-order valence-electron chi connectivity index (χ0n) is 69.5. The monoisotopic (exact) mass is 1730 g/mol. The van der Waals surface area contributed by atoms with Gasteiger partial charge in [-0.15, -0.1) is 0 Å². The first-order valence-electron chi connectivity index (χ1n) is 43.4. The maximum absolute atomic E-state index is 6.23. The number of hydrogen-bond donors (Lipinski definition) is 0. The van der Waals surface area contributed by atoms with Crippen LogP contribution in [0.1, 0.15) is 25.0 Å². The van der Waals surface area contributed by atoms with Crippen molar-refractivity contribution in [3.8, 4) is 185 Å². The van der Waals surface area contributed by atoms with Gasteiger partial charge >= 0.3 is 0 Å². The van der Waals surface area contributed by atoms with E-state index in [2.05, 4.69) is 124 Å². The van der Waals surface area contributed by atoms with Crippen LogP contribution in [0.2, 0.25) is 0 Å². The molecule has 0 spiro atoms. The standard InChI is InChI=1S/C21H17BO.C18H9BO3.C17H8BNO3.2C16H7BN2O3.C13H4BN5O3/c1-21(2)14-8-3-4-10-16(14)22-17-11-5-6-12-18(17)23-19-13-7-9-15(21)20(19)22;1-4-10-16-11(5-1)21-13-7-3-9-15-18(13)19(16)17-12(20-10)6-2-8-14(17)22-15;1-3-9-15-11(5-1)21-13-7-19-8-14-17(13)18(15)16-10(20-9)4-2-6-12(16)22-14;1-3-8-12-10(5-1)21-15-14-16(19-7-18-15)22-11-6-2-4-9(20-8)13(11)17(12)14;1-2-8-14-9(3-1)21-11-5-19-7-13-16(11)17(14)15-10(20-8)4-18-6-12(15)22-13;1-2-15-9-6-5(1)20-10-7-11(17-3-16-10)22-13-8(14(6)7)12(21-9)18-4-19-13/h3-13H,1-2H3;1-9H;1-8H;2*1-7H;1-4H. The van der Waals surface area contributed by atoms with Crippen molar-refractivity contribution in [2.75, 3.05) is 0 Å². The molecule has 0 aliphatic carbocycles. The highest BCUT2D eigenvalue weighted by molar-refractivity contribution is 7.03. The SMILES string of the molecule is CC1(C)c2ccccc2B2c3ccccc3Oc3cccc1c32.c1cc2c3c(c1)Oc1cccc4c1B3c1c(cccc1O4)O2.c1cc2c3c(c1)Oc1cncc4c1B3c1c(cccc1O4)O2.c1cc2c3c(c1)Oc1cncc4c1B3c1c(cncc1O4)O2.c1cc2c3c(c1)Oc1ncnc4c1B3c1c(cccc1O4)O2.c1cc2c3c(n1)Oc1ncnc4c1B3c1c(ncnc1O4)O2. The molecule has 0 radical (unpaired) electrons. The third-order valence-electron chi connectivity index (χ3n) is 27.3. The van der Waals surface area contributed by atoms with Crippen LogP contribution >= 0.6 is 0 Å². The molecule has 0 fully saturated rings. The molecule has 133 heavy (non-hydrogen) atoms. The number of pyridine rings is 4. The Bertz CT molecular complexity index is 6500. The molecule has 0 saturated heterocycles. The van der Waals surface area contributed by atoms with E-state index in [-0.39, 0.29) is 45.7 Å². The molecule has 26 nitrogen and oxygen atoms in total. The molecule has 620 valence electrons. The molecular weight excluding hydrogens is 1670 g/mol. The van der Waals surface area contributed by atoms with Crippen LogP contribution in [0.15, 0.2) is 281 Å².